The highest BCUT2D eigenvalue weighted by Crippen LogP contribution is 2.70. The van der Waals surface area contributed by atoms with Crippen LogP contribution in [0.1, 0.15) is 27.7 Å². The molecule has 1 heterocycles. The van der Waals surface area contributed by atoms with Crippen molar-refractivity contribution in [1.29, 1.82) is 0 Å². The summed E-state index contributed by atoms with van der Waals surface area (Å²) < 4.78 is 52.9. The van der Waals surface area contributed by atoms with Gasteiger partial charge in [0, 0.05) is 15.5 Å². The molecule has 2 aromatic rings. The molecular weight excluding hydrogens is 550 g/mol. The normalized spacial score (nSPS) is 12.9. The molecular formula is C17H26Br2N2O6P2. The van der Waals surface area contributed by atoms with E-state index in [1.165, 1.54) is 0 Å². The Hall–Kier alpha value is -0.0500. The summed E-state index contributed by atoms with van der Waals surface area (Å²) in [4.78, 5) is 4.42. The van der Waals surface area contributed by atoms with Gasteiger partial charge in [-0.2, -0.15) is 0 Å². The summed E-state index contributed by atoms with van der Waals surface area (Å²) in [5, 5.41) is -1.15. The first kappa shape index (κ1) is 25.2. The Morgan fingerprint density at radius 1 is 0.897 bits per heavy atom. The van der Waals surface area contributed by atoms with Crippen molar-refractivity contribution in [3.05, 3.63) is 27.4 Å². The zero-order valence-electron chi connectivity index (χ0n) is 16.8. The molecule has 0 fully saturated rings. The first-order valence-electron chi connectivity index (χ1n) is 9.32. The maximum atomic E-state index is 13.7. The Morgan fingerprint density at radius 3 is 1.79 bits per heavy atom. The van der Waals surface area contributed by atoms with Gasteiger partial charge in [0.25, 0.3) is 0 Å². The Morgan fingerprint density at radius 2 is 1.34 bits per heavy atom. The highest BCUT2D eigenvalue weighted by atomic mass is 79.9. The van der Waals surface area contributed by atoms with Gasteiger partial charge in [-0.15, -0.1) is 0 Å². The van der Waals surface area contributed by atoms with Crippen molar-refractivity contribution in [3.8, 4) is 0 Å². The number of hydrogen-bond donors (Lipinski definition) is 0. The molecule has 0 saturated heterocycles. The van der Waals surface area contributed by atoms with Gasteiger partial charge in [0.15, 0.2) is 5.40 Å². The van der Waals surface area contributed by atoms with Crippen molar-refractivity contribution in [3.63, 3.8) is 0 Å². The molecule has 0 unspecified atom stereocenters. The van der Waals surface area contributed by atoms with Crippen molar-refractivity contribution in [2.75, 3.05) is 26.4 Å². The van der Waals surface area contributed by atoms with Gasteiger partial charge < -0.3 is 22.7 Å². The van der Waals surface area contributed by atoms with E-state index in [1.807, 2.05) is 12.1 Å². The van der Waals surface area contributed by atoms with Crippen molar-refractivity contribution in [1.82, 2.24) is 9.55 Å². The van der Waals surface area contributed by atoms with E-state index in [9.17, 15) is 9.13 Å². The molecule has 0 spiro atoms. The van der Waals surface area contributed by atoms with Crippen molar-refractivity contribution >= 4 is 58.1 Å². The molecule has 0 atom stereocenters. The van der Waals surface area contributed by atoms with Gasteiger partial charge in [0.1, 0.15) is 5.52 Å². The molecule has 2 rings (SSSR count). The van der Waals surface area contributed by atoms with Crippen LogP contribution in [0, 0.1) is 0 Å². The number of nitrogens with zero attached hydrogens (tertiary/aromatic N) is 2. The Labute approximate surface area is 188 Å². The van der Waals surface area contributed by atoms with Crippen LogP contribution in [0.3, 0.4) is 0 Å². The molecule has 0 saturated carbocycles. The maximum Gasteiger partial charge on any atom is 0.347 e. The summed E-state index contributed by atoms with van der Waals surface area (Å²) in [5.41, 5.74) is 1.46. The van der Waals surface area contributed by atoms with E-state index in [2.05, 4.69) is 36.8 Å². The van der Waals surface area contributed by atoms with E-state index < -0.39 is 20.6 Å². The molecule has 0 aliphatic rings. The minimum atomic E-state index is -3.85. The lowest BCUT2D eigenvalue weighted by Crippen LogP contribution is -2.23. The molecule has 8 nitrogen and oxygen atoms in total. The number of imidazole rings is 1. The molecule has 164 valence electrons. The highest BCUT2D eigenvalue weighted by Gasteiger charge is 2.51. The molecule has 0 aliphatic carbocycles. The standard InChI is InChI=1S/C17H26Br2N2O6P2/c1-5-24-28(22,25-6-2)15(29(23,26-7-3)27-8-4)11-21-12-20-16-13(18)9-10-14(19)17(16)21/h9-10,12,15H,5-8,11H2,1-4H3. The van der Waals surface area contributed by atoms with Crippen LogP contribution in [0.15, 0.2) is 27.4 Å². The molecule has 0 N–H and O–H groups in total. The van der Waals surface area contributed by atoms with Crippen molar-refractivity contribution in [2.45, 2.75) is 39.6 Å². The second kappa shape index (κ2) is 11.0. The largest absolute Gasteiger partial charge is 0.347 e. The molecule has 1 aromatic carbocycles. The van der Waals surface area contributed by atoms with Gasteiger partial charge in [-0.05, 0) is 71.7 Å². The molecule has 29 heavy (non-hydrogen) atoms. The van der Waals surface area contributed by atoms with E-state index in [0.29, 0.717) is 5.52 Å². The minimum Gasteiger partial charge on any atom is -0.328 e. The monoisotopic (exact) mass is 574 g/mol. The smallest absolute Gasteiger partial charge is 0.328 e. The first-order valence-corrected chi connectivity index (χ1v) is 14.1. The van der Waals surface area contributed by atoms with Gasteiger partial charge in [-0.3, -0.25) is 9.13 Å². The average molecular weight is 576 g/mol. The fourth-order valence-electron chi connectivity index (χ4n) is 2.94. The number of benzene rings is 1. The zero-order chi connectivity index (χ0) is 21.7. The predicted molar refractivity (Wildman–Crippen MR) is 121 cm³/mol. The average Bonchev–Trinajstić information content (AvgIpc) is 3.09. The van der Waals surface area contributed by atoms with Crippen LogP contribution in [0.5, 0.6) is 0 Å². The van der Waals surface area contributed by atoms with E-state index in [4.69, 9.17) is 18.1 Å². The summed E-state index contributed by atoms with van der Waals surface area (Å²) in [5.74, 6) is 0. The van der Waals surface area contributed by atoms with E-state index in [0.717, 1.165) is 14.5 Å². The number of fused-ring (bicyclic) bond motifs is 1. The molecule has 0 aliphatic heterocycles. The van der Waals surface area contributed by atoms with E-state index in [-0.39, 0.29) is 33.0 Å². The van der Waals surface area contributed by atoms with E-state index >= 15 is 0 Å². The number of hydrogen-bond acceptors (Lipinski definition) is 7. The second-order valence-corrected chi connectivity index (χ2v) is 12.4. The summed E-state index contributed by atoms with van der Waals surface area (Å²) >= 11 is 7.01. The summed E-state index contributed by atoms with van der Waals surface area (Å²) in [6.07, 6.45) is 1.59. The lowest BCUT2D eigenvalue weighted by atomic mass is 10.3. The Kier molecular flexibility index (Phi) is 9.57. The minimum absolute atomic E-state index is 0.0140. The van der Waals surface area contributed by atoms with Crippen LogP contribution in [0.4, 0.5) is 0 Å². The quantitative estimate of drug-likeness (QED) is 0.270. The van der Waals surface area contributed by atoms with Crippen molar-refractivity contribution < 1.29 is 27.2 Å². The highest BCUT2D eigenvalue weighted by molar-refractivity contribution is 9.11. The molecule has 1 aromatic heterocycles. The summed E-state index contributed by atoms with van der Waals surface area (Å²) in [6.45, 7) is 7.35. The second-order valence-electron chi connectivity index (χ2n) is 5.85. The fourth-order valence-corrected chi connectivity index (χ4v) is 9.12. The topological polar surface area (TPSA) is 88.9 Å². The fraction of sp³-hybridized carbons (Fsp3) is 0.588. The van der Waals surface area contributed by atoms with Gasteiger partial charge in [0.05, 0.1) is 38.3 Å². The van der Waals surface area contributed by atoms with Crippen LogP contribution in [-0.4, -0.2) is 41.4 Å². The molecule has 12 heteroatoms. The van der Waals surface area contributed by atoms with Crippen LogP contribution in [0.2, 0.25) is 0 Å². The third-order valence-electron chi connectivity index (χ3n) is 3.99. The van der Waals surface area contributed by atoms with Crippen LogP contribution >= 0.6 is 47.1 Å². The number of halogens is 2. The lowest BCUT2D eigenvalue weighted by Gasteiger charge is -2.31. The summed E-state index contributed by atoms with van der Waals surface area (Å²) in [7, 11) is -7.69. The lowest BCUT2D eigenvalue weighted by molar-refractivity contribution is 0.192. The SMILES string of the molecule is CCOP(=O)(OCC)C(Cn1cnc2c(Br)ccc(Br)c21)P(=O)(OCC)OCC. The number of rotatable bonds is 12. The molecule has 0 radical (unpaired) electrons. The van der Waals surface area contributed by atoms with Gasteiger partial charge >= 0.3 is 15.2 Å². The van der Waals surface area contributed by atoms with Gasteiger partial charge in [0.2, 0.25) is 0 Å². The molecule has 0 bridgehead atoms. The third kappa shape index (κ3) is 5.60. The third-order valence-corrected chi connectivity index (χ3v) is 11.2. The predicted octanol–water partition coefficient (Wildman–Crippen LogP) is 6.42. The van der Waals surface area contributed by atoms with Crippen LogP contribution in [-0.2, 0) is 33.8 Å². The Bertz CT molecular complexity index is 873. The van der Waals surface area contributed by atoms with Crippen LogP contribution in [0.25, 0.3) is 11.0 Å². The van der Waals surface area contributed by atoms with E-state index in [1.54, 1.807) is 38.6 Å². The van der Waals surface area contributed by atoms with Crippen LogP contribution < -0.4 is 0 Å². The van der Waals surface area contributed by atoms with Crippen molar-refractivity contribution in [2.24, 2.45) is 0 Å². The Balaban J connectivity index is 2.63. The first-order chi connectivity index (χ1) is 13.8. The number of aromatic nitrogens is 2. The van der Waals surface area contributed by atoms with Gasteiger partial charge in [-0.1, -0.05) is 0 Å². The summed E-state index contributed by atoms with van der Waals surface area (Å²) in [6, 6.07) is 3.74. The molecule has 0 amide bonds. The zero-order valence-corrected chi connectivity index (χ0v) is 21.8. The maximum absolute atomic E-state index is 13.7. The van der Waals surface area contributed by atoms with Gasteiger partial charge in [-0.25, -0.2) is 4.98 Å².